The van der Waals surface area contributed by atoms with Gasteiger partial charge in [0.15, 0.2) is 0 Å². The standard InChI is InChI=1S/C15H18N3O2PS/c1-3-11-6-4-9-15(17-11)20-10-12-13(18(16)21-19)7-5-8-14(12)22-2/h4-9H,3,10,16H2,1-2H3. The van der Waals surface area contributed by atoms with E-state index < -0.39 is 0 Å². The average Bonchev–Trinajstić information content (AvgIpc) is 2.59. The van der Waals surface area contributed by atoms with Crippen LogP contribution in [0.2, 0.25) is 0 Å². The third kappa shape index (κ3) is 3.97. The van der Waals surface area contributed by atoms with Gasteiger partial charge in [0.2, 0.25) is 5.88 Å². The van der Waals surface area contributed by atoms with Crippen LogP contribution in [0.25, 0.3) is 0 Å². The Labute approximate surface area is 136 Å². The molecular weight excluding hydrogens is 317 g/mol. The van der Waals surface area contributed by atoms with E-state index in [1.165, 1.54) is 0 Å². The van der Waals surface area contributed by atoms with Crippen LogP contribution in [0.4, 0.5) is 5.69 Å². The molecule has 1 heterocycles. The molecule has 0 spiro atoms. The summed E-state index contributed by atoms with van der Waals surface area (Å²) >= 11 is 1.59. The van der Waals surface area contributed by atoms with E-state index in [1.54, 1.807) is 11.8 Å². The van der Waals surface area contributed by atoms with Crippen molar-refractivity contribution >= 4 is 26.1 Å². The first-order chi connectivity index (χ1) is 10.7. The number of rotatable bonds is 7. The summed E-state index contributed by atoms with van der Waals surface area (Å²) < 4.78 is 18.0. The van der Waals surface area contributed by atoms with Crippen molar-refractivity contribution < 1.29 is 9.30 Å². The summed E-state index contributed by atoms with van der Waals surface area (Å²) in [5, 5.41) is 0. The van der Waals surface area contributed by atoms with Crippen LogP contribution in [-0.2, 0) is 17.6 Å². The number of hydrazine groups is 1. The molecule has 1 aromatic heterocycles. The van der Waals surface area contributed by atoms with Crippen molar-refractivity contribution in [1.29, 1.82) is 0 Å². The molecule has 0 aliphatic rings. The molecule has 0 unspecified atom stereocenters. The van der Waals surface area contributed by atoms with Gasteiger partial charge >= 0.3 is 0 Å². The van der Waals surface area contributed by atoms with Crippen LogP contribution in [0.15, 0.2) is 41.3 Å². The fourth-order valence-corrected chi connectivity index (χ4v) is 2.93. The normalized spacial score (nSPS) is 10.7. The molecule has 0 radical (unpaired) electrons. The summed E-state index contributed by atoms with van der Waals surface area (Å²) in [5.74, 6) is 6.33. The summed E-state index contributed by atoms with van der Waals surface area (Å²) in [5.41, 5.74) is 2.55. The number of anilines is 1. The number of nitrogens with two attached hydrogens (primary N) is 1. The van der Waals surface area contributed by atoms with Crippen molar-refractivity contribution in [2.45, 2.75) is 24.8 Å². The molecule has 7 heteroatoms. The average molecular weight is 335 g/mol. The highest BCUT2D eigenvalue weighted by molar-refractivity contribution is 7.98. The Hall–Kier alpha value is -1.62. The first kappa shape index (κ1) is 16.7. The largest absolute Gasteiger partial charge is 0.473 e. The van der Waals surface area contributed by atoms with Crippen LogP contribution in [-0.4, -0.2) is 11.2 Å². The molecule has 116 valence electrons. The zero-order chi connectivity index (χ0) is 15.9. The summed E-state index contributed by atoms with van der Waals surface area (Å²) in [4.78, 5) is 5.45. The SMILES string of the molecule is CCc1cccc(OCc2c(SC)cccc2N(N)P=O)n1. The van der Waals surface area contributed by atoms with E-state index in [-0.39, 0.29) is 8.61 Å². The summed E-state index contributed by atoms with van der Waals surface area (Å²) in [6.45, 7) is 2.36. The molecule has 2 N–H and O–H groups in total. The van der Waals surface area contributed by atoms with Gasteiger partial charge in [-0.1, -0.05) is 19.1 Å². The van der Waals surface area contributed by atoms with Crippen LogP contribution in [0.5, 0.6) is 5.88 Å². The number of hydrogen-bond donors (Lipinski definition) is 1. The molecule has 5 nitrogen and oxygen atoms in total. The van der Waals surface area contributed by atoms with Gasteiger partial charge in [-0.05, 0) is 30.9 Å². The highest BCUT2D eigenvalue weighted by Crippen LogP contribution is 2.31. The van der Waals surface area contributed by atoms with Gasteiger partial charge in [-0.3, -0.25) is 0 Å². The van der Waals surface area contributed by atoms with Gasteiger partial charge in [0, 0.05) is 22.2 Å². The lowest BCUT2D eigenvalue weighted by molar-refractivity contribution is 0.291. The number of benzene rings is 1. The highest BCUT2D eigenvalue weighted by Gasteiger charge is 2.13. The maximum atomic E-state index is 11.1. The van der Waals surface area contributed by atoms with Crippen molar-refractivity contribution in [3.63, 3.8) is 0 Å². The number of ether oxygens (including phenoxy) is 1. The lowest BCUT2D eigenvalue weighted by Crippen LogP contribution is -2.21. The molecule has 0 aliphatic heterocycles. The molecular formula is C15H18N3O2PS. The second-order valence-electron chi connectivity index (χ2n) is 4.49. The van der Waals surface area contributed by atoms with Crippen molar-refractivity contribution in [3.8, 4) is 5.88 Å². The maximum Gasteiger partial charge on any atom is 0.297 e. The summed E-state index contributed by atoms with van der Waals surface area (Å²) in [6.07, 6.45) is 2.84. The number of nitrogens with zero attached hydrogens (tertiary/aromatic N) is 2. The minimum absolute atomic E-state index is 0.264. The third-order valence-corrected chi connectivity index (χ3v) is 4.38. The van der Waals surface area contributed by atoms with Gasteiger partial charge in [0.25, 0.3) is 8.61 Å². The summed E-state index contributed by atoms with van der Waals surface area (Å²) in [7, 11) is -0.264. The molecule has 0 saturated carbocycles. The van der Waals surface area contributed by atoms with Gasteiger partial charge in [-0.15, -0.1) is 11.8 Å². The van der Waals surface area contributed by atoms with Crippen molar-refractivity contribution in [2.75, 3.05) is 11.0 Å². The molecule has 2 rings (SSSR count). The Morgan fingerprint density at radius 2 is 2.09 bits per heavy atom. The Balaban J connectivity index is 2.25. The molecule has 0 atom stereocenters. The molecule has 0 aliphatic carbocycles. The quantitative estimate of drug-likeness (QED) is 0.359. The minimum atomic E-state index is -0.264. The van der Waals surface area contributed by atoms with Crippen LogP contribution in [0.3, 0.4) is 0 Å². The van der Waals surface area contributed by atoms with Crippen LogP contribution >= 0.6 is 20.4 Å². The zero-order valence-electron chi connectivity index (χ0n) is 12.5. The Kier molecular flexibility index (Phi) is 6.19. The van der Waals surface area contributed by atoms with Crippen LogP contribution in [0.1, 0.15) is 18.2 Å². The van der Waals surface area contributed by atoms with E-state index in [2.05, 4.69) is 4.98 Å². The predicted octanol–water partition coefficient (Wildman–Crippen LogP) is 3.83. The lowest BCUT2D eigenvalue weighted by Gasteiger charge is -2.17. The van der Waals surface area contributed by atoms with Crippen molar-refractivity contribution in [1.82, 2.24) is 4.98 Å². The zero-order valence-corrected chi connectivity index (χ0v) is 14.2. The number of pyridine rings is 1. The first-order valence-corrected chi connectivity index (χ1v) is 8.81. The number of aromatic nitrogens is 1. The summed E-state index contributed by atoms with van der Waals surface area (Å²) in [6, 6.07) is 11.4. The number of thioether (sulfide) groups is 1. The molecule has 0 saturated heterocycles. The second kappa shape index (κ2) is 8.13. The maximum absolute atomic E-state index is 11.1. The van der Waals surface area contributed by atoms with Gasteiger partial charge in [0.1, 0.15) is 6.61 Å². The monoisotopic (exact) mass is 335 g/mol. The van der Waals surface area contributed by atoms with Gasteiger partial charge < -0.3 is 4.74 Å². The van der Waals surface area contributed by atoms with E-state index in [9.17, 15) is 4.57 Å². The molecule has 1 aromatic carbocycles. The van der Waals surface area contributed by atoms with E-state index >= 15 is 0 Å². The molecule has 0 amide bonds. The molecule has 0 bridgehead atoms. The minimum Gasteiger partial charge on any atom is -0.473 e. The fourth-order valence-electron chi connectivity index (χ4n) is 2.03. The number of hydrogen-bond acceptors (Lipinski definition) is 5. The predicted molar refractivity (Wildman–Crippen MR) is 90.4 cm³/mol. The van der Waals surface area contributed by atoms with Crippen LogP contribution < -0.4 is 15.4 Å². The number of aryl methyl sites for hydroxylation is 1. The Bertz CT molecular complexity index is 654. The van der Waals surface area contributed by atoms with Gasteiger partial charge in [-0.25, -0.2) is 20.2 Å². The van der Waals surface area contributed by atoms with Gasteiger partial charge in [0.05, 0.1) is 5.69 Å². The van der Waals surface area contributed by atoms with E-state index in [1.807, 2.05) is 49.6 Å². The molecule has 2 aromatic rings. The van der Waals surface area contributed by atoms with E-state index in [0.717, 1.165) is 27.4 Å². The van der Waals surface area contributed by atoms with E-state index in [0.29, 0.717) is 18.2 Å². The first-order valence-electron chi connectivity index (χ1n) is 6.82. The highest BCUT2D eigenvalue weighted by atomic mass is 32.2. The molecule has 22 heavy (non-hydrogen) atoms. The van der Waals surface area contributed by atoms with E-state index in [4.69, 9.17) is 10.6 Å². The van der Waals surface area contributed by atoms with Crippen molar-refractivity contribution in [2.24, 2.45) is 5.84 Å². The Morgan fingerprint density at radius 1 is 1.32 bits per heavy atom. The van der Waals surface area contributed by atoms with Crippen molar-refractivity contribution in [3.05, 3.63) is 47.7 Å². The smallest absolute Gasteiger partial charge is 0.297 e. The second-order valence-corrected chi connectivity index (χ2v) is 5.94. The topological polar surface area (TPSA) is 68.5 Å². The Morgan fingerprint density at radius 3 is 2.77 bits per heavy atom. The lowest BCUT2D eigenvalue weighted by atomic mass is 10.2. The fraction of sp³-hybridized carbons (Fsp3) is 0.267. The van der Waals surface area contributed by atoms with Crippen LogP contribution in [0, 0.1) is 0 Å². The third-order valence-electron chi connectivity index (χ3n) is 3.17. The molecule has 0 fully saturated rings. The van der Waals surface area contributed by atoms with Gasteiger partial charge in [-0.2, -0.15) is 0 Å².